The Morgan fingerprint density at radius 1 is 1.62 bits per heavy atom. The number of thiazole rings is 1. The Morgan fingerprint density at radius 3 is 2.88 bits per heavy atom. The number of piperidine rings is 1. The fourth-order valence-electron chi connectivity index (χ4n) is 1.59. The van der Waals surface area contributed by atoms with Gasteiger partial charge in [0.1, 0.15) is 0 Å². The lowest BCUT2D eigenvalue weighted by Gasteiger charge is -2.29. The fourth-order valence-corrected chi connectivity index (χ4v) is 2.68. The van der Waals surface area contributed by atoms with Crippen molar-refractivity contribution >= 4 is 38.4 Å². The lowest BCUT2D eigenvalue weighted by atomic mass is 10.1. The number of likely N-dealkylation sites (tertiary alicyclic amines) is 1. The van der Waals surface area contributed by atoms with E-state index >= 15 is 0 Å². The van der Waals surface area contributed by atoms with Gasteiger partial charge in [-0.2, -0.15) is 0 Å². The molecule has 0 saturated carbocycles. The van der Waals surface area contributed by atoms with Crippen molar-refractivity contribution in [3.05, 3.63) is 9.98 Å². The molecule has 1 aromatic heterocycles. The molecule has 5 nitrogen and oxygen atoms in total. The van der Waals surface area contributed by atoms with Gasteiger partial charge in [0.25, 0.3) is 0 Å². The average molecular weight is 305 g/mol. The molecule has 2 amide bonds. The molecular formula is C9H13BrN4OS. The number of aromatic nitrogens is 1. The van der Waals surface area contributed by atoms with Gasteiger partial charge in [0, 0.05) is 19.1 Å². The number of anilines is 1. The van der Waals surface area contributed by atoms with Crippen molar-refractivity contribution in [2.75, 3.05) is 18.4 Å². The zero-order valence-electron chi connectivity index (χ0n) is 8.65. The largest absolute Gasteiger partial charge is 0.328 e. The summed E-state index contributed by atoms with van der Waals surface area (Å²) in [4.78, 5) is 17.6. The molecule has 1 aliphatic rings. The van der Waals surface area contributed by atoms with Crippen LogP contribution in [-0.2, 0) is 0 Å². The van der Waals surface area contributed by atoms with Crippen molar-refractivity contribution in [2.24, 2.45) is 5.73 Å². The summed E-state index contributed by atoms with van der Waals surface area (Å²) in [5.74, 6) is 0. The topological polar surface area (TPSA) is 71.2 Å². The maximum atomic E-state index is 11.8. The Bertz CT molecular complexity index is 375. The molecule has 0 radical (unpaired) electrons. The SMILES string of the molecule is NC1CCN(C(=O)Nc2ncc(Br)s2)CC1. The number of rotatable bonds is 1. The smallest absolute Gasteiger partial charge is 0.323 e. The van der Waals surface area contributed by atoms with Crippen LogP contribution in [0.4, 0.5) is 9.93 Å². The molecular weight excluding hydrogens is 292 g/mol. The van der Waals surface area contributed by atoms with Gasteiger partial charge in [-0.05, 0) is 28.8 Å². The zero-order chi connectivity index (χ0) is 11.5. The first-order chi connectivity index (χ1) is 7.65. The van der Waals surface area contributed by atoms with E-state index < -0.39 is 0 Å². The molecule has 1 saturated heterocycles. The maximum Gasteiger partial charge on any atom is 0.323 e. The third-order valence-corrected chi connectivity index (χ3v) is 3.91. The Morgan fingerprint density at radius 2 is 2.31 bits per heavy atom. The van der Waals surface area contributed by atoms with Crippen molar-refractivity contribution in [2.45, 2.75) is 18.9 Å². The molecule has 0 aromatic carbocycles. The standard InChI is InChI=1S/C9H13BrN4OS/c10-7-5-12-8(16-7)13-9(15)14-3-1-6(11)2-4-14/h5-6H,1-4,11H2,(H,12,13,15). The Balaban J connectivity index is 1.88. The zero-order valence-corrected chi connectivity index (χ0v) is 11.1. The summed E-state index contributed by atoms with van der Waals surface area (Å²) in [5.41, 5.74) is 5.78. The van der Waals surface area contributed by atoms with Gasteiger partial charge in [-0.3, -0.25) is 5.32 Å². The highest BCUT2D eigenvalue weighted by Crippen LogP contribution is 2.23. The molecule has 1 aliphatic heterocycles. The van der Waals surface area contributed by atoms with Gasteiger partial charge < -0.3 is 10.6 Å². The van der Waals surface area contributed by atoms with Crippen LogP contribution in [0.25, 0.3) is 0 Å². The maximum absolute atomic E-state index is 11.8. The van der Waals surface area contributed by atoms with E-state index in [-0.39, 0.29) is 12.1 Å². The predicted octanol–water partition coefficient (Wildman–Crippen LogP) is 1.86. The normalized spacial score (nSPS) is 17.5. The number of amides is 2. The van der Waals surface area contributed by atoms with E-state index in [1.165, 1.54) is 11.3 Å². The average Bonchev–Trinajstić information content (AvgIpc) is 2.65. The molecule has 0 bridgehead atoms. The van der Waals surface area contributed by atoms with Crippen LogP contribution >= 0.6 is 27.3 Å². The number of urea groups is 1. The van der Waals surface area contributed by atoms with Gasteiger partial charge in [0.05, 0.1) is 9.98 Å². The van der Waals surface area contributed by atoms with Crippen molar-refractivity contribution in [1.82, 2.24) is 9.88 Å². The number of hydrogen-bond donors (Lipinski definition) is 2. The quantitative estimate of drug-likeness (QED) is 0.832. The molecule has 3 N–H and O–H groups in total. The third kappa shape index (κ3) is 2.93. The molecule has 1 aromatic rings. The molecule has 0 atom stereocenters. The second-order valence-corrected chi connectivity index (χ2v) is 6.13. The first-order valence-corrected chi connectivity index (χ1v) is 6.69. The van der Waals surface area contributed by atoms with Crippen LogP contribution in [0.3, 0.4) is 0 Å². The number of carbonyl (C=O) groups excluding carboxylic acids is 1. The van der Waals surface area contributed by atoms with E-state index in [2.05, 4.69) is 26.2 Å². The molecule has 16 heavy (non-hydrogen) atoms. The third-order valence-electron chi connectivity index (χ3n) is 2.52. The second kappa shape index (κ2) is 5.11. The van der Waals surface area contributed by atoms with E-state index in [1.54, 1.807) is 11.1 Å². The Hall–Kier alpha value is -0.660. The summed E-state index contributed by atoms with van der Waals surface area (Å²) < 4.78 is 0.906. The number of carbonyl (C=O) groups is 1. The van der Waals surface area contributed by atoms with E-state index in [0.717, 1.165) is 29.7 Å². The van der Waals surface area contributed by atoms with Crippen LogP contribution in [0.2, 0.25) is 0 Å². The molecule has 1 fully saturated rings. The van der Waals surface area contributed by atoms with E-state index in [9.17, 15) is 4.79 Å². The summed E-state index contributed by atoms with van der Waals surface area (Å²) in [6, 6.07) is 0.145. The minimum Gasteiger partial charge on any atom is -0.328 e. The first kappa shape index (κ1) is 11.8. The van der Waals surface area contributed by atoms with Gasteiger partial charge in [0.15, 0.2) is 5.13 Å². The van der Waals surface area contributed by atoms with Crippen LogP contribution in [0, 0.1) is 0 Å². The highest BCUT2D eigenvalue weighted by atomic mass is 79.9. The van der Waals surface area contributed by atoms with Crippen LogP contribution < -0.4 is 11.1 Å². The van der Waals surface area contributed by atoms with Gasteiger partial charge in [-0.1, -0.05) is 11.3 Å². The van der Waals surface area contributed by atoms with Crippen LogP contribution in [0.15, 0.2) is 9.98 Å². The monoisotopic (exact) mass is 304 g/mol. The van der Waals surface area contributed by atoms with E-state index in [4.69, 9.17) is 5.73 Å². The minimum atomic E-state index is -0.0891. The number of nitrogens with one attached hydrogen (secondary N) is 1. The van der Waals surface area contributed by atoms with E-state index in [1.807, 2.05) is 0 Å². The van der Waals surface area contributed by atoms with Crippen LogP contribution in [0.5, 0.6) is 0 Å². The Kier molecular flexibility index (Phi) is 3.78. The summed E-state index contributed by atoms with van der Waals surface area (Å²) in [7, 11) is 0. The molecule has 0 unspecified atom stereocenters. The number of nitrogens with zero attached hydrogens (tertiary/aromatic N) is 2. The van der Waals surface area contributed by atoms with Gasteiger partial charge >= 0.3 is 6.03 Å². The lowest BCUT2D eigenvalue weighted by Crippen LogP contribution is -2.44. The summed E-state index contributed by atoms with van der Waals surface area (Å²) in [6.07, 6.45) is 3.41. The second-order valence-electron chi connectivity index (χ2n) is 3.72. The van der Waals surface area contributed by atoms with Gasteiger partial charge in [0.2, 0.25) is 0 Å². The van der Waals surface area contributed by atoms with Gasteiger partial charge in [-0.15, -0.1) is 0 Å². The van der Waals surface area contributed by atoms with Crippen molar-refractivity contribution < 1.29 is 4.79 Å². The highest BCUT2D eigenvalue weighted by molar-refractivity contribution is 9.11. The number of nitrogens with two attached hydrogens (primary N) is 1. The first-order valence-electron chi connectivity index (χ1n) is 5.08. The molecule has 2 heterocycles. The predicted molar refractivity (Wildman–Crippen MR) is 67.6 cm³/mol. The van der Waals surface area contributed by atoms with Crippen molar-refractivity contribution in [3.8, 4) is 0 Å². The van der Waals surface area contributed by atoms with Crippen molar-refractivity contribution in [3.63, 3.8) is 0 Å². The summed E-state index contributed by atoms with van der Waals surface area (Å²) in [6.45, 7) is 1.44. The highest BCUT2D eigenvalue weighted by Gasteiger charge is 2.20. The number of halogens is 1. The number of hydrogen-bond acceptors (Lipinski definition) is 4. The summed E-state index contributed by atoms with van der Waals surface area (Å²) in [5, 5.41) is 3.39. The molecule has 0 spiro atoms. The molecule has 7 heteroatoms. The lowest BCUT2D eigenvalue weighted by molar-refractivity contribution is 0.195. The summed E-state index contributed by atoms with van der Waals surface area (Å²) >= 11 is 4.70. The van der Waals surface area contributed by atoms with Crippen molar-refractivity contribution in [1.29, 1.82) is 0 Å². The minimum absolute atomic E-state index is 0.0891. The molecule has 0 aliphatic carbocycles. The Labute approximate surface area is 106 Å². The fraction of sp³-hybridized carbons (Fsp3) is 0.556. The van der Waals surface area contributed by atoms with E-state index in [0.29, 0.717) is 5.13 Å². The molecule has 2 rings (SSSR count). The van der Waals surface area contributed by atoms with Crippen LogP contribution in [-0.4, -0.2) is 35.0 Å². The van der Waals surface area contributed by atoms with Gasteiger partial charge in [-0.25, -0.2) is 9.78 Å². The van der Waals surface area contributed by atoms with Crippen LogP contribution in [0.1, 0.15) is 12.8 Å². The molecule has 88 valence electrons.